The van der Waals surface area contributed by atoms with Crippen molar-refractivity contribution in [3.8, 4) is 17.0 Å². The van der Waals surface area contributed by atoms with Crippen LogP contribution in [0.2, 0.25) is 5.02 Å². The van der Waals surface area contributed by atoms with Gasteiger partial charge < -0.3 is 14.2 Å². The Labute approximate surface area is 248 Å². The first-order valence-electron chi connectivity index (χ1n) is 14.0. The van der Waals surface area contributed by atoms with Gasteiger partial charge in [0.2, 0.25) is 18.1 Å². The molecule has 3 amide bonds. The Morgan fingerprint density at radius 2 is 1.88 bits per heavy atom. The number of halogens is 1. The highest BCUT2D eigenvalue weighted by atomic mass is 35.5. The highest BCUT2D eigenvalue weighted by molar-refractivity contribution is 6.31. The molecule has 1 saturated carbocycles. The Hall–Kier alpha value is -3.70. The Kier molecular flexibility index (Phi) is 6.73. The molecule has 0 radical (unpaired) electrons. The molecule has 12 heteroatoms. The summed E-state index contributed by atoms with van der Waals surface area (Å²) in [6, 6.07) is 5.41. The molecule has 1 aromatic carbocycles. The van der Waals surface area contributed by atoms with Crippen molar-refractivity contribution in [3.63, 3.8) is 0 Å². The summed E-state index contributed by atoms with van der Waals surface area (Å²) in [5.41, 5.74) is 2.46. The second-order valence-corrected chi connectivity index (χ2v) is 13.2. The van der Waals surface area contributed by atoms with Crippen LogP contribution in [0.4, 0.5) is 4.79 Å². The molecule has 2 aliphatic heterocycles. The molecule has 0 bridgehead atoms. The van der Waals surface area contributed by atoms with E-state index >= 15 is 0 Å². The average molecular weight is 596 g/mol. The fraction of sp³-hybridized carbons (Fsp3) is 0.500. The molecule has 42 heavy (non-hydrogen) atoms. The van der Waals surface area contributed by atoms with Crippen LogP contribution < -0.4 is 4.74 Å². The third-order valence-electron chi connectivity index (χ3n) is 8.12. The SMILES string of the molecule is Cc1cc(Cl)cc(-c2ncnn3cc(CN4C(=O)C5C(C4=O)C5(C)C)cc23)c1O[C@@H]1CN(C(=O)OC(C)(C)C)CCO1. The maximum atomic E-state index is 12.9. The van der Waals surface area contributed by atoms with Crippen LogP contribution in [0.3, 0.4) is 0 Å². The molecule has 2 saturated heterocycles. The van der Waals surface area contributed by atoms with Crippen molar-refractivity contribution in [2.75, 3.05) is 19.7 Å². The third-order valence-corrected chi connectivity index (χ3v) is 8.34. The number of aromatic nitrogens is 3. The van der Waals surface area contributed by atoms with Crippen LogP contribution in [0.15, 0.2) is 30.7 Å². The molecule has 11 nitrogen and oxygen atoms in total. The number of imide groups is 1. The van der Waals surface area contributed by atoms with E-state index in [-0.39, 0.29) is 42.2 Å². The van der Waals surface area contributed by atoms with Gasteiger partial charge in [-0.05, 0) is 62.4 Å². The molecule has 0 N–H and O–H groups in total. The van der Waals surface area contributed by atoms with Crippen LogP contribution in [-0.2, 0) is 25.6 Å². The van der Waals surface area contributed by atoms with E-state index in [1.165, 1.54) is 11.2 Å². The lowest BCUT2D eigenvalue weighted by atomic mass is 10.0. The number of morpholine rings is 1. The van der Waals surface area contributed by atoms with E-state index in [1.807, 2.05) is 47.6 Å². The first-order chi connectivity index (χ1) is 19.7. The predicted molar refractivity (Wildman–Crippen MR) is 153 cm³/mol. The number of hydrogen-bond acceptors (Lipinski definition) is 8. The quantitative estimate of drug-likeness (QED) is 0.397. The number of rotatable bonds is 5. The van der Waals surface area contributed by atoms with Gasteiger partial charge >= 0.3 is 6.09 Å². The zero-order chi connectivity index (χ0) is 30.1. The average Bonchev–Trinajstić information content (AvgIpc) is 3.14. The topological polar surface area (TPSA) is 116 Å². The standard InChI is InChI=1S/C30H34ClN5O6/c1-16-9-18(31)11-19(25(16)41-21-14-34(7-8-40-21)28(39)42-29(2,3)4)24-20-10-17(13-36(20)33-15-32-24)12-35-26(37)22-23(27(35)38)30(22,5)6/h9-11,13,15,21-23H,7-8,12,14H2,1-6H3/t21-,22?,23?/m1/s1. The van der Waals surface area contributed by atoms with Crippen molar-refractivity contribution in [3.05, 3.63) is 46.9 Å². The largest absolute Gasteiger partial charge is 0.462 e. The molecule has 2 aromatic heterocycles. The number of aryl methyl sites for hydroxylation is 1. The molecule has 222 valence electrons. The molecule has 3 atom stereocenters. The molecule has 6 rings (SSSR count). The monoisotopic (exact) mass is 595 g/mol. The number of likely N-dealkylation sites (tertiary alicyclic amines) is 1. The van der Waals surface area contributed by atoms with Crippen molar-refractivity contribution in [1.29, 1.82) is 0 Å². The third kappa shape index (κ3) is 4.98. The van der Waals surface area contributed by atoms with Gasteiger partial charge in [-0.1, -0.05) is 25.4 Å². The first-order valence-corrected chi connectivity index (χ1v) is 14.4. The van der Waals surface area contributed by atoms with Gasteiger partial charge in [-0.25, -0.2) is 14.3 Å². The maximum Gasteiger partial charge on any atom is 0.410 e. The first kappa shape index (κ1) is 28.4. The van der Waals surface area contributed by atoms with Gasteiger partial charge in [-0.15, -0.1) is 0 Å². The fourth-order valence-corrected chi connectivity index (χ4v) is 6.27. The van der Waals surface area contributed by atoms with Crippen LogP contribution in [0.5, 0.6) is 5.75 Å². The number of carbonyl (C=O) groups excluding carboxylic acids is 3. The van der Waals surface area contributed by atoms with Gasteiger partial charge in [-0.3, -0.25) is 19.4 Å². The summed E-state index contributed by atoms with van der Waals surface area (Å²) in [5.74, 6) is -0.207. The smallest absolute Gasteiger partial charge is 0.410 e. The highest BCUT2D eigenvalue weighted by Crippen LogP contribution is 2.63. The number of amides is 3. The van der Waals surface area contributed by atoms with E-state index in [4.69, 9.17) is 25.8 Å². The summed E-state index contributed by atoms with van der Waals surface area (Å²) >= 11 is 6.50. The molecule has 4 heterocycles. The van der Waals surface area contributed by atoms with Gasteiger partial charge in [0.15, 0.2) is 0 Å². The molecule has 3 aromatic rings. The number of carbonyl (C=O) groups is 3. The molecular formula is C30H34ClN5O6. The molecule has 2 unspecified atom stereocenters. The molecule has 3 fully saturated rings. The lowest BCUT2D eigenvalue weighted by Crippen LogP contribution is -2.49. The Morgan fingerprint density at radius 1 is 1.17 bits per heavy atom. The number of hydrogen-bond donors (Lipinski definition) is 0. The minimum absolute atomic E-state index is 0.120. The second kappa shape index (κ2) is 9.95. The van der Waals surface area contributed by atoms with Crippen molar-refractivity contribution in [2.45, 2.75) is 60.0 Å². The number of benzene rings is 1. The van der Waals surface area contributed by atoms with E-state index in [0.29, 0.717) is 40.7 Å². The Morgan fingerprint density at radius 3 is 2.57 bits per heavy atom. The lowest BCUT2D eigenvalue weighted by molar-refractivity contribution is -0.143. The van der Waals surface area contributed by atoms with Crippen molar-refractivity contribution in [2.24, 2.45) is 17.3 Å². The van der Waals surface area contributed by atoms with E-state index in [1.54, 1.807) is 27.7 Å². The Balaban J connectivity index is 1.28. The predicted octanol–water partition coefficient (Wildman–Crippen LogP) is 4.47. The molecule has 3 aliphatic rings. The van der Waals surface area contributed by atoms with Crippen molar-refractivity contribution >= 4 is 35.0 Å². The van der Waals surface area contributed by atoms with Crippen LogP contribution >= 0.6 is 11.6 Å². The second-order valence-electron chi connectivity index (χ2n) is 12.8. The number of fused-ring (bicyclic) bond motifs is 2. The van der Waals surface area contributed by atoms with Gasteiger partial charge in [0, 0.05) is 23.3 Å². The van der Waals surface area contributed by atoms with Crippen LogP contribution in [-0.4, -0.2) is 73.9 Å². The Bertz CT molecular complexity index is 1590. The minimum Gasteiger partial charge on any atom is -0.462 e. The normalized spacial score (nSPS) is 23.4. The van der Waals surface area contributed by atoms with Crippen molar-refractivity contribution in [1.82, 2.24) is 24.4 Å². The highest BCUT2D eigenvalue weighted by Gasteiger charge is 2.72. The van der Waals surface area contributed by atoms with Crippen molar-refractivity contribution < 1.29 is 28.6 Å². The summed E-state index contributed by atoms with van der Waals surface area (Å²) in [4.78, 5) is 46.0. The van der Waals surface area contributed by atoms with Gasteiger partial charge in [0.25, 0.3) is 0 Å². The maximum absolute atomic E-state index is 12.9. The summed E-state index contributed by atoms with van der Waals surface area (Å²) in [6.45, 7) is 12.3. The van der Waals surface area contributed by atoms with Crippen LogP contribution in [0, 0.1) is 24.2 Å². The molecule has 1 aliphatic carbocycles. The lowest BCUT2D eigenvalue weighted by Gasteiger charge is -2.34. The van der Waals surface area contributed by atoms with Gasteiger partial charge in [-0.2, -0.15) is 5.10 Å². The van der Waals surface area contributed by atoms with E-state index < -0.39 is 18.0 Å². The number of ether oxygens (including phenoxy) is 3. The summed E-state index contributed by atoms with van der Waals surface area (Å²) < 4.78 is 19.4. The zero-order valence-electron chi connectivity index (χ0n) is 24.5. The van der Waals surface area contributed by atoms with E-state index in [0.717, 1.165) is 11.1 Å². The van der Waals surface area contributed by atoms with Gasteiger partial charge in [0.1, 0.15) is 23.4 Å². The zero-order valence-corrected chi connectivity index (χ0v) is 25.3. The molecular weight excluding hydrogens is 562 g/mol. The summed E-state index contributed by atoms with van der Waals surface area (Å²) in [7, 11) is 0. The van der Waals surface area contributed by atoms with E-state index in [9.17, 15) is 14.4 Å². The fourth-order valence-electron chi connectivity index (χ4n) is 6.00. The van der Waals surface area contributed by atoms with E-state index in [2.05, 4.69) is 10.1 Å². The molecule has 0 spiro atoms. The summed E-state index contributed by atoms with van der Waals surface area (Å²) in [6.07, 6.45) is 2.04. The van der Waals surface area contributed by atoms with Gasteiger partial charge in [0.05, 0.1) is 37.0 Å². The van der Waals surface area contributed by atoms with Crippen LogP contribution in [0.25, 0.3) is 16.8 Å². The summed E-state index contributed by atoms with van der Waals surface area (Å²) in [5, 5.41) is 4.85. The number of nitrogens with zero attached hydrogens (tertiary/aromatic N) is 5. The number of piperidine rings is 1. The minimum atomic E-state index is -0.743. The van der Waals surface area contributed by atoms with Crippen LogP contribution in [0.1, 0.15) is 45.7 Å².